The fourth-order valence-electron chi connectivity index (χ4n) is 1.71. The van der Waals surface area contributed by atoms with Crippen LogP contribution in [0.15, 0.2) is 17.0 Å². The average Bonchev–Trinajstić information content (AvgIpc) is 2.27. The maximum Gasteiger partial charge on any atom is 0.339 e. The molecule has 0 bridgehead atoms. The van der Waals surface area contributed by atoms with E-state index in [1.807, 2.05) is 0 Å². The van der Waals surface area contributed by atoms with Gasteiger partial charge in [0.1, 0.15) is 11.3 Å². The minimum absolute atomic E-state index is 0.168. The van der Waals surface area contributed by atoms with Crippen LogP contribution in [0, 0.1) is 6.92 Å². The van der Waals surface area contributed by atoms with Crippen molar-refractivity contribution in [3.63, 3.8) is 0 Å². The Bertz CT molecular complexity index is 611. The zero-order chi connectivity index (χ0) is 15.5. The molecular formula is C12H17NO6S. The molecule has 0 amide bonds. The van der Waals surface area contributed by atoms with Crippen LogP contribution >= 0.6 is 0 Å². The number of hydrogen-bond donors (Lipinski definition) is 4. The summed E-state index contributed by atoms with van der Waals surface area (Å²) in [4.78, 5) is 10.7. The van der Waals surface area contributed by atoms with Gasteiger partial charge in [-0.2, -0.15) is 0 Å². The number of carbonyl (C=O) groups is 1. The van der Waals surface area contributed by atoms with Crippen molar-refractivity contribution >= 4 is 16.0 Å². The first kappa shape index (κ1) is 16.4. The molecule has 1 aromatic rings. The number of carboxylic acid groups (broad SMARTS) is 1. The van der Waals surface area contributed by atoms with Crippen molar-refractivity contribution in [3.05, 3.63) is 23.3 Å². The molecule has 0 aromatic heterocycles. The van der Waals surface area contributed by atoms with E-state index in [0.717, 1.165) is 12.1 Å². The SMILES string of the molecule is Cc1cc(O)c(C(=O)O)cc1S(=O)(=O)NC(C)CCO. The highest BCUT2D eigenvalue weighted by atomic mass is 32.2. The van der Waals surface area contributed by atoms with Crippen LogP contribution < -0.4 is 4.72 Å². The van der Waals surface area contributed by atoms with Gasteiger partial charge in [0.25, 0.3) is 0 Å². The van der Waals surface area contributed by atoms with Gasteiger partial charge in [0, 0.05) is 12.6 Å². The number of carboxylic acids is 1. The number of sulfonamides is 1. The number of nitrogens with one attached hydrogen (secondary N) is 1. The van der Waals surface area contributed by atoms with Crippen LogP contribution in [0.3, 0.4) is 0 Å². The van der Waals surface area contributed by atoms with Crippen molar-refractivity contribution in [2.45, 2.75) is 31.2 Å². The van der Waals surface area contributed by atoms with E-state index in [1.165, 1.54) is 6.92 Å². The number of aryl methyl sites for hydroxylation is 1. The standard InChI is InChI=1S/C12H17NO6S/c1-7-5-10(15)9(12(16)17)6-11(7)20(18,19)13-8(2)3-4-14/h5-6,8,13-15H,3-4H2,1-2H3,(H,16,17). The van der Waals surface area contributed by atoms with Gasteiger partial charge in [0.05, 0.1) is 4.90 Å². The molecule has 8 heteroatoms. The average molecular weight is 303 g/mol. The lowest BCUT2D eigenvalue weighted by molar-refractivity contribution is 0.0693. The van der Waals surface area contributed by atoms with Gasteiger partial charge in [-0.1, -0.05) is 0 Å². The Hall–Kier alpha value is -1.64. The molecule has 0 saturated heterocycles. The first-order valence-electron chi connectivity index (χ1n) is 5.89. The van der Waals surface area contributed by atoms with Gasteiger partial charge in [-0.3, -0.25) is 0 Å². The number of phenols is 1. The zero-order valence-corrected chi connectivity index (χ0v) is 11.9. The predicted octanol–water partition coefficient (Wildman–Crippen LogP) is 0.448. The summed E-state index contributed by atoms with van der Waals surface area (Å²) >= 11 is 0. The number of aliphatic hydroxyl groups is 1. The lowest BCUT2D eigenvalue weighted by Crippen LogP contribution is -2.33. The van der Waals surface area contributed by atoms with Crippen LogP contribution in [0.5, 0.6) is 5.75 Å². The molecule has 112 valence electrons. The quantitative estimate of drug-likeness (QED) is 0.605. The normalized spacial score (nSPS) is 13.2. The van der Waals surface area contributed by atoms with Crippen molar-refractivity contribution in [2.24, 2.45) is 0 Å². The molecule has 1 aromatic carbocycles. The summed E-state index contributed by atoms with van der Waals surface area (Å²) in [6, 6.07) is 1.52. The minimum atomic E-state index is -3.92. The molecule has 20 heavy (non-hydrogen) atoms. The van der Waals surface area contributed by atoms with Gasteiger partial charge in [0.15, 0.2) is 0 Å². The Morgan fingerprint density at radius 3 is 2.50 bits per heavy atom. The number of aromatic hydroxyl groups is 1. The fourth-order valence-corrected chi connectivity index (χ4v) is 3.24. The number of hydrogen-bond acceptors (Lipinski definition) is 5. The molecule has 0 aliphatic heterocycles. The second-order valence-electron chi connectivity index (χ2n) is 4.47. The summed E-state index contributed by atoms with van der Waals surface area (Å²) in [5.41, 5.74) is -0.248. The molecule has 1 atom stereocenters. The molecule has 1 rings (SSSR count). The van der Waals surface area contributed by atoms with Crippen molar-refractivity contribution in [3.8, 4) is 5.75 Å². The highest BCUT2D eigenvalue weighted by Crippen LogP contribution is 2.25. The molecule has 4 N–H and O–H groups in total. The van der Waals surface area contributed by atoms with Crippen molar-refractivity contribution in [2.75, 3.05) is 6.61 Å². The Morgan fingerprint density at radius 2 is 2.00 bits per heavy atom. The van der Waals surface area contributed by atoms with E-state index in [0.29, 0.717) is 0 Å². The molecule has 0 radical (unpaired) electrons. The topological polar surface area (TPSA) is 124 Å². The first-order valence-corrected chi connectivity index (χ1v) is 7.37. The van der Waals surface area contributed by atoms with E-state index < -0.39 is 33.3 Å². The van der Waals surface area contributed by atoms with Crippen molar-refractivity contribution in [1.29, 1.82) is 0 Å². The van der Waals surface area contributed by atoms with Gasteiger partial charge in [-0.25, -0.2) is 17.9 Å². The maximum atomic E-state index is 12.2. The van der Waals surface area contributed by atoms with Crippen LogP contribution in [0.4, 0.5) is 0 Å². The van der Waals surface area contributed by atoms with Crippen LogP contribution in [0.25, 0.3) is 0 Å². The summed E-state index contributed by atoms with van der Waals surface area (Å²) in [5, 5.41) is 27.2. The van der Waals surface area contributed by atoms with E-state index in [2.05, 4.69) is 4.72 Å². The maximum absolute atomic E-state index is 12.2. The third kappa shape index (κ3) is 3.69. The van der Waals surface area contributed by atoms with E-state index in [9.17, 15) is 18.3 Å². The van der Waals surface area contributed by atoms with Gasteiger partial charge in [0.2, 0.25) is 10.0 Å². The van der Waals surface area contributed by atoms with E-state index in [1.54, 1.807) is 6.92 Å². The van der Waals surface area contributed by atoms with Gasteiger partial charge >= 0.3 is 5.97 Å². The molecule has 0 saturated carbocycles. The molecule has 0 aliphatic carbocycles. The van der Waals surface area contributed by atoms with Gasteiger partial charge < -0.3 is 15.3 Å². The Labute approximate surface area is 116 Å². The molecule has 7 nitrogen and oxygen atoms in total. The van der Waals surface area contributed by atoms with Gasteiger partial charge in [-0.15, -0.1) is 0 Å². The molecular weight excluding hydrogens is 286 g/mol. The highest BCUT2D eigenvalue weighted by Gasteiger charge is 2.23. The van der Waals surface area contributed by atoms with Crippen LogP contribution in [-0.4, -0.2) is 42.4 Å². The van der Waals surface area contributed by atoms with Crippen LogP contribution in [-0.2, 0) is 10.0 Å². The van der Waals surface area contributed by atoms with Crippen molar-refractivity contribution < 1.29 is 28.5 Å². The van der Waals surface area contributed by atoms with E-state index in [4.69, 9.17) is 10.2 Å². The monoisotopic (exact) mass is 303 g/mol. The predicted molar refractivity (Wildman–Crippen MR) is 71.3 cm³/mol. The number of aliphatic hydroxyl groups excluding tert-OH is 1. The Morgan fingerprint density at radius 1 is 1.40 bits per heavy atom. The molecule has 0 fully saturated rings. The molecule has 1 unspecified atom stereocenters. The molecule has 0 aliphatic rings. The first-order chi connectivity index (χ1) is 9.19. The highest BCUT2D eigenvalue weighted by molar-refractivity contribution is 7.89. The van der Waals surface area contributed by atoms with E-state index in [-0.39, 0.29) is 23.5 Å². The zero-order valence-electron chi connectivity index (χ0n) is 11.1. The summed E-state index contributed by atoms with van der Waals surface area (Å²) in [7, 11) is -3.92. The largest absolute Gasteiger partial charge is 0.507 e. The number of benzene rings is 1. The molecule has 0 spiro atoms. The van der Waals surface area contributed by atoms with E-state index >= 15 is 0 Å². The summed E-state index contributed by atoms with van der Waals surface area (Å²) < 4.78 is 26.7. The number of aromatic carboxylic acids is 1. The Balaban J connectivity index is 3.24. The third-order valence-electron chi connectivity index (χ3n) is 2.73. The Kier molecular flexibility index (Phi) is 5.09. The fraction of sp³-hybridized carbons (Fsp3) is 0.417. The smallest absolute Gasteiger partial charge is 0.339 e. The second-order valence-corrected chi connectivity index (χ2v) is 6.16. The third-order valence-corrected chi connectivity index (χ3v) is 4.46. The van der Waals surface area contributed by atoms with Crippen LogP contribution in [0.2, 0.25) is 0 Å². The lowest BCUT2D eigenvalue weighted by atomic mass is 10.1. The van der Waals surface area contributed by atoms with Crippen LogP contribution in [0.1, 0.15) is 29.3 Å². The lowest BCUT2D eigenvalue weighted by Gasteiger charge is -2.15. The summed E-state index contributed by atoms with van der Waals surface area (Å²) in [6.07, 6.45) is 0.238. The summed E-state index contributed by atoms with van der Waals surface area (Å²) in [5.74, 6) is -1.90. The second kappa shape index (κ2) is 6.21. The molecule has 0 heterocycles. The summed E-state index contributed by atoms with van der Waals surface area (Å²) in [6.45, 7) is 2.87. The van der Waals surface area contributed by atoms with Crippen molar-refractivity contribution in [1.82, 2.24) is 4.72 Å². The number of rotatable bonds is 6. The minimum Gasteiger partial charge on any atom is -0.507 e. The van der Waals surface area contributed by atoms with Gasteiger partial charge in [-0.05, 0) is 38.0 Å².